The molecule has 1 amide bonds. The Labute approximate surface area is 124 Å². The highest BCUT2D eigenvalue weighted by atomic mass is 35.5. The summed E-state index contributed by atoms with van der Waals surface area (Å²) in [4.78, 5) is 19.9. The van der Waals surface area contributed by atoms with Gasteiger partial charge < -0.3 is 15.5 Å². The molecule has 7 heteroatoms. The first-order valence-electron chi connectivity index (χ1n) is 5.99. The summed E-state index contributed by atoms with van der Waals surface area (Å²) in [5.74, 6) is 0.786. The minimum atomic E-state index is -0.435. The summed E-state index contributed by atoms with van der Waals surface area (Å²) in [6, 6.07) is 3.19. The number of hydrogen-bond donors (Lipinski definition) is 1. The van der Waals surface area contributed by atoms with Crippen molar-refractivity contribution in [3.8, 4) is 0 Å². The van der Waals surface area contributed by atoms with Crippen molar-refractivity contribution in [1.29, 1.82) is 0 Å². The summed E-state index contributed by atoms with van der Waals surface area (Å²) in [5, 5.41) is 0.643. The Morgan fingerprint density at radius 1 is 1.42 bits per heavy atom. The van der Waals surface area contributed by atoms with E-state index in [9.17, 15) is 4.79 Å². The van der Waals surface area contributed by atoms with Crippen molar-refractivity contribution in [2.75, 3.05) is 31.1 Å². The van der Waals surface area contributed by atoms with Gasteiger partial charge in [0.25, 0.3) is 0 Å². The summed E-state index contributed by atoms with van der Waals surface area (Å²) >= 11 is 6.10. The number of nitrogens with zero attached hydrogens (tertiary/aromatic N) is 3. The van der Waals surface area contributed by atoms with E-state index in [1.807, 2.05) is 12.1 Å². The largest absolute Gasteiger partial charge is 0.352 e. The Morgan fingerprint density at radius 2 is 2.05 bits per heavy atom. The third kappa shape index (κ3) is 3.72. The first kappa shape index (κ1) is 16.0. The summed E-state index contributed by atoms with van der Waals surface area (Å²) in [5.41, 5.74) is 5.60. The molecule has 1 aromatic heterocycles. The number of hydrogen-bond acceptors (Lipinski definition) is 4. The average Bonchev–Trinajstić information content (AvgIpc) is 2.38. The van der Waals surface area contributed by atoms with Gasteiger partial charge in [-0.3, -0.25) is 4.79 Å². The number of carbonyl (C=O) groups is 1. The Kier molecular flexibility index (Phi) is 5.85. The van der Waals surface area contributed by atoms with Crippen LogP contribution in [0.2, 0.25) is 5.02 Å². The molecule has 106 valence electrons. The van der Waals surface area contributed by atoms with Gasteiger partial charge in [0, 0.05) is 32.4 Å². The Hall–Kier alpha value is -1.04. The van der Waals surface area contributed by atoms with Gasteiger partial charge in [-0.2, -0.15) is 0 Å². The maximum absolute atomic E-state index is 11.7. The number of piperazine rings is 1. The molecular formula is C12H18Cl2N4O. The number of aromatic nitrogens is 1. The van der Waals surface area contributed by atoms with Gasteiger partial charge in [-0.05, 0) is 19.1 Å². The number of pyridine rings is 1. The van der Waals surface area contributed by atoms with E-state index in [1.165, 1.54) is 0 Å². The van der Waals surface area contributed by atoms with E-state index in [4.69, 9.17) is 17.3 Å². The highest BCUT2D eigenvalue weighted by Crippen LogP contribution is 2.23. The molecule has 1 aliphatic heterocycles. The highest BCUT2D eigenvalue weighted by Gasteiger charge is 2.24. The lowest BCUT2D eigenvalue weighted by atomic mass is 10.2. The fourth-order valence-corrected chi connectivity index (χ4v) is 2.28. The summed E-state index contributed by atoms with van der Waals surface area (Å²) in [6.07, 6.45) is 1.72. The zero-order valence-electron chi connectivity index (χ0n) is 10.8. The molecule has 5 nitrogen and oxygen atoms in total. The van der Waals surface area contributed by atoms with Crippen LogP contribution in [-0.2, 0) is 4.79 Å². The summed E-state index contributed by atoms with van der Waals surface area (Å²) in [6.45, 7) is 4.50. The van der Waals surface area contributed by atoms with Crippen molar-refractivity contribution < 1.29 is 4.79 Å². The summed E-state index contributed by atoms with van der Waals surface area (Å²) < 4.78 is 0. The molecule has 2 N–H and O–H groups in total. The molecule has 1 aliphatic rings. The van der Waals surface area contributed by atoms with Crippen LogP contribution in [0.1, 0.15) is 6.92 Å². The lowest BCUT2D eigenvalue weighted by molar-refractivity contribution is -0.132. The normalized spacial score (nSPS) is 16.8. The van der Waals surface area contributed by atoms with Crippen LogP contribution < -0.4 is 10.6 Å². The molecule has 0 spiro atoms. The number of halogens is 2. The molecule has 0 aromatic carbocycles. The van der Waals surface area contributed by atoms with Crippen molar-refractivity contribution in [2.45, 2.75) is 13.0 Å². The second-order valence-electron chi connectivity index (χ2n) is 4.41. The minimum Gasteiger partial charge on any atom is -0.352 e. The first-order chi connectivity index (χ1) is 8.59. The number of rotatable bonds is 2. The summed E-state index contributed by atoms with van der Waals surface area (Å²) in [7, 11) is 0. The smallest absolute Gasteiger partial charge is 0.239 e. The van der Waals surface area contributed by atoms with Crippen LogP contribution in [0, 0.1) is 0 Å². The van der Waals surface area contributed by atoms with Crippen LogP contribution in [0.4, 0.5) is 5.82 Å². The second-order valence-corrected chi connectivity index (χ2v) is 4.82. The lowest BCUT2D eigenvalue weighted by Gasteiger charge is -2.36. The molecule has 0 aliphatic carbocycles. The molecule has 1 aromatic rings. The van der Waals surface area contributed by atoms with Crippen molar-refractivity contribution >= 4 is 35.7 Å². The van der Waals surface area contributed by atoms with Gasteiger partial charge in [0.1, 0.15) is 5.82 Å². The highest BCUT2D eigenvalue weighted by molar-refractivity contribution is 6.32. The molecule has 1 saturated heterocycles. The van der Waals surface area contributed by atoms with Crippen molar-refractivity contribution in [2.24, 2.45) is 5.73 Å². The minimum absolute atomic E-state index is 0. The topological polar surface area (TPSA) is 62.5 Å². The average molecular weight is 305 g/mol. The van der Waals surface area contributed by atoms with Gasteiger partial charge >= 0.3 is 0 Å². The van der Waals surface area contributed by atoms with E-state index >= 15 is 0 Å². The predicted octanol–water partition coefficient (Wildman–Crippen LogP) is 1.15. The molecule has 0 bridgehead atoms. The van der Waals surface area contributed by atoms with Gasteiger partial charge in [-0.25, -0.2) is 4.98 Å². The number of carbonyl (C=O) groups excluding carboxylic acids is 1. The SMILES string of the molecule is CC(N)C(=O)N1CCN(c2ncccc2Cl)CC1.Cl. The Morgan fingerprint density at radius 3 is 2.58 bits per heavy atom. The molecule has 1 unspecified atom stereocenters. The lowest BCUT2D eigenvalue weighted by Crippen LogP contribution is -2.52. The van der Waals surface area contributed by atoms with Gasteiger partial charge in [0.05, 0.1) is 11.1 Å². The van der Waals surface area contributed by atoms with E-state index in [0.29, 0.717) is 18.1 Å². The van der Waals surface area contributed by atoms with Crippen LogP contribution in [-0.4, -0.2) is 48.0 Å². The van der Waals surface area contributed by atoms with E-state index in [2.05, 4.69) is 9.88 Å². The molecule has 19 heavy (non-hydrogen) atoms. The van der Waals surface area contributed by atoms with Crippen LogP contribution >= 0.6 is 24.0 Å². The number of amides is 1. The van der Waals surface area contributed by atoms with Gasteiger partial charge in [0.2, 0.25) is 5.91 Å². The molecule has 2 heterocycles. The molecule has 0 saturated carbocycles. The third-order valence-corrected chi connectivity index (χ3v) is 3.31. The maximum atomic E-state index is 11.7. The zero-order chi connectivity index (χ0) is 13.1. The quantitative estimate of drug-likeness (QED) is 0.890. The maximum Gasteiger partial charge on any atom is 0.239 e. The molecular weight excluding hydrogens is 287 g/mol. The van der Waals surface area contributed by atoms with Gasteiger partial charge in [-0.1, -0.05) is 11.6 Å². The first-order valence-corrected chi connectivity index (χ1v) is 6.37. The van der Waals surface area contributed by atoms with E-state index in [0.717, 1.165) is 18.9 Å². The van der Waals surface area contributed by atoms with Crippen molar-refractivity contribution in [3.63, 3.8) is 0 Å². The third-order valence-electron chi connectivity index (χ3n) is 3.02. The van der Waals surface area contributed by atoms with Crippen molar-refractivity contribution in [3.05, 3.63) is 23.4 Å². The number of anilines is 1. The predicted molar refractivity (Wildman–Crippen MR) is 78.9 cm³/mol. The van der Waals surface area contributed by atoms with E-state index in [-0.39, 0.29) is 18.3 Å². The van der Waals surface area contributed by atoms with Crippen LogP contribution in [0.15, 0.2) is 18.3 Å². The molecule has 1 atom stereocenters. The molecule has 0 radical (unpaired) electrons. The van der Waals surface area contributed by atoms with Crippen LogP contribution in [0.5, 0.6) is 0 Å². The van der Waals surface area contributed by atoms with Gasteiger partial charge in [-0.15, -0.1) is 12.4 Å². The Balaban J connectivity index is 0.00000180. The van der Waals surface area contributed by atoms with Crippen LogP contribution in [0.25, 0.3) is 0 Å². The zero-order valence-corrected chi connectivity index (χ0v) is 12.3. The van der Waals surface area contributed by atoms with Crippen LogP contribution in [0.3, 0.4) is 0 Å². The van der Waals surface area contributed by atoms with E-state index in [1.54, 1.807) is 18.0 Å². The van der Waals surface area contributed by atoms with Gasteiger partial charge in [0.15, 0.2) is 0 Å². The Bertz CT molecular complexity index is 433. The molecule has 2 rings (SSSR count). The second kappa shape index (κ2) is 6.93. The van der Waals surface area contributed by atoms with E-state index < -0.39 is 6.04 Å². The fraction of sp³-hybridized carbons (Fsp3) is 0.500. The van der Waals surface area contributed by atoms with Crippen molar-refractivity contribution in [1.82, 2.24) is 9.88 Å². The number of nitrogens with two attached hydrogens (primary N) is 1. The standard InChI is InChI=1S/C12H17ClN4O.ClH/c1-9(14)12(18)17-7-5-16(6-8-17)11-10(13)3-2-4-15-11;/h2-4,9H,5-8,14H2,1H3;1H. The molecule has 1 fully saturated rings. The monoisotopic (exact) mass is 304 g/mol. The fourth-order valence-electron chi connectivity index (χ4n) is 2.04.